The van der Waals surface area contributed by atoms with Crippen LogP contribution in [-0.4, -0.2) is 36.8 Å². The van der Waals surface area contributed by atoms with Gasteiger partial charge in [0.25, 0.3) is 0 Å². The summed E-state index contributed by atoms with van der Waals surface area (Å²) < 4.78 is 5.61. The molecule has 0 aliphatic carbocycles. The molecule has 2 aromatic rings. The lowest BCUT2D eigenvalue weighted by Gasteiger charge is -2.27. The Hall–Kier alpha value is -2.76. The molecular weight excluding hydrogens is 316 g/mol. The molecule has 0 spiro atoms. The number of aromatic nitrogens is 1. The number of para-hydroxylation sites is 1. The van der Waals surface area contributed by atoms with Crippen molar-refractivity contribution >= 4 is 17.4 Å². The molecule has 0 fully saturated rings. The van der Waals surface area contributed by atoms with Crippen molar-refractivity contribution in [2.75, 3.05) is 23.8 Å². The number of nitrogens with one attached hydrogen (secondary N) is 2. The Labute approximate surface area is 149 Å². The number of carbonyl (C=O) groups is 1. The zero-order chi connectivity index (χ0) is 18.2. The van der Waals surface area contributed by atoms with Gasteiger partial charge in [0, 0.05) is 31.5 Å². The highest BCUT2D eigenvalue weighted by atomic mass is 16.5. The van der Waals surface area contributed by atoms with Crippen LogP contribution in [0.1, 0.15) is 20.8 Å². The molecule has 25 heavy (non-hydrogen) atoms. The molecule has 6 nitrogen and oxygen atoms in total. The Morgan fingerprint density at radius 3 is 2.56 bits per heavy atom. The van der Waals surface area contributed by atoms with Gasteiger partial charge in [0.1, 0.15) is 5.69 Å². The van der Waals surface area contributed by atoms with E-state index < -0.39 is 0 Å². The number of anilines is 2. The predicted molar refractivity (Wildman–Crippen MR) is 101 cm³/mol. The first-order valence-electron chi connectivity index (χ1n) is 8.41. The Bertz CT molecular complexity index is 676. The van der Waals surface area contributed by atoms with Crippen LogP contribution in [0.4, 0.5) is 16.2 Å². The molecule has 2 N–H and O–H groups in total. The fourth-order valence-corrected chi connectivity index (χ4v) is 2.26. The molecule has 1 unspecified atom stereocenters. The van der Waals surface area contributed by atoms with E-state index >= 15 is 0 Å². The summed E-state index contributed by atoms with van der Waals surface area (Å²) in [5.41, 5.74) is 1.66. The highest BCUT2D eigenvalue weighted by Gasteiger charge is 2.13. The maximum atomic E-state index is 12.2. The average Bonchev–Trinajstić information content (AvgIpc) is 2.61. The van der Waals surface area contributed by atoms with Crippen molar-refractivity contribution in [3.63, 3.8) is 0 Å². The van der Waals surface area contributed by atoms with Crippen LogP contribution in [0.5, 0.6) is 5.88 Å². The Kier molecular flexibility index (Phi) is 6.62. The third-order valence-corrected chi connectivity index (χ3v) is 3.75. The zero-order valence-electron chi connectivity index (χ0n) is 15.2. The number of nitrogens with zero attached hydrogens (tertiary/aromatic N) is 2. The fourth-order valence-electron chi connectivity index (χ4n) is 2.26. The summed E-state index contributed by atoms with van der Waals surface area (Å²) in [5, 5.41) is 5.68. The SMILES string of the molecule is CC(C)Oc1ncccc1NC(=O)NCC(C)N(C)c1ccccc1. The molecule has 0 radical (unpaired) electrons. The van der Waals surface area contributed by atoms with E-state index in [-0.39, 0.29) is 18.2 Å². The van der Waals surface area contributed by atoms with Gasteiger partial charge in [0.2, 0.25) is 5.88 Å². The second kappa shape index (κ2) is 8.92. The maximum Gasteiger partial charge on any atom is 0.319 e. The topological polar surface area (TPSA) is 66.5 Å². The van der Waals surface area contributed by atoms with Gasteiger partial charge < -0.3 is 20.3 Å². The van der Waals surface area contributed by atoms with Gasteiger partial charge >= 0.3 is 6.03 Å². The van der Waals surface area contributed by atoms with E-state index in [0.29, 0.717) is 18.1 Å². The van der Waals surface area contributed by atoms with Gasteiger partial charge in [-0.2, -0.15) is 0 Å². The van der Waals surface area contributed by atoms with Crippen molar-refractivity contribution < 1.29 is 9.53 Å². The fraction of sp³-hybridized carbons (Fsp3) is 0.368. The number of likely N-dealkylation sites (N-methyl/N-ethyl adjacent to an activating group) is 1. The van der Waals surface area contributed by atoms with E-state index in [1.807, 2.05) is 51.2 Å². The third-order valence-electron chi connectivity index (χ3n) is 3.75. The molecule has 134 valence electrons. The Morgan fingerprint density at radius 2 is 1.88 bits per heavy atom. The van der Waals surface area contributed by atoms with Crippen molar-refractivity contribution in [1.29, 1.82) is 0 Å². The summed E-state index contributed by atoms with van der Waals surface area (Å²) in [4.78, 5) is 18.5. The molecule has 2 rings (SSSR count). The summed E-state index contributed by atoms with van der Waals surface area (Å²) in [6.07, 6.45) is 1.62. The first-order valence-corrected chi connectivity index (χ1v) is 8.41. The van der Waals surface area contributed by atoms with Crippen LogP contribution in [-0.2, 0) is 0 Å². The molecule has 0 saturated heterocycles. The molecule has 2 amide bonds. The first-order chi connectivity index (χ1) is 12.0. The van der Waals surface area contributed by atoms with Crippen LogP contribution >= 0.6 is 0 Å². The summed E-state index contributed by atoms with van der Waals surface area (Å²) in [6.45, 7) is 6.40. The highest BCUT2D eigenvalue weighted by Crippen LogP contribution is 2.21. The van der Waals surface area contributed by atoms with Gasteiger partial charge in [-0.25, -0.2) is 9.78 Å². The normalized spacial score (nSPS) is 11.7. The number of hydrogen-bond donors (Lipinski definition) is 2. The van der Waals surface area contributed by atoms with E-state index in [0.717, 1.165) is 5.69 Å². The molecule has 6 heteroatoms. The van der Waals surface area contributed by atoms with E-state index in [2.05, 4.69) is 27.4 Å². The molecule has 0 bridgehead atoms. The number of benzene rings is 1. The van der Waals surface area contributed by atoms with Crippen molar-refractivity contribution in [2.45, 2.75) is 32.9 Å². The van der Waals surface area contributed by atoms with Crippen LogP contribution in [0, 0.1) is 0 Å². The van der Waals surface area contributed by atoms with Gasteiger partial charge in [0.05, 0.1) is 6.10 Å². The molecule has 1 aromatic heterocycles. The molecule has 1 aromatic carbocycles. The number of ether oxygens (including phenoxy) is 1. The van der Waals surface area contributed by atoms with Crippen molar-refractivity contribution in [1.82, 2.24) is 10.3 Å². The van der Waals surface area contributed by atoms with Gasteiger partial charge in [-0.15, -0.1) is 0 Å². The number of carbonyl (C=O) groups excluding carboxylic acids is 1. The molecular formula is C19H26N4O2. The third kappa shape index (κ3) is 5.67. The lowest BCUT2D eigenvalue weighted by atomic mass is 10.2. The van der Waals surface area contributed by atoms with Crippen LogP contribution in [0.3, 0.4) is 0 Å². The largest absolute Gasteiger partial charge is 0.473 e. The highest BCUT2D eigenvalue weighted by molar-refractivity contribution is 5.90. The molecule has 1 atom stereocenters. The number of urea groups is 1. The molecule has 0 aliphatic rings. The minimum absolute atomic E-state index is 0.0157. The van der Waals surface area contributed by atoms with E-state index in [1.54, 1.807) is 18.3 Å². The molecule has 0 saturated carbocycles. The molecule has 0 aliphatic heterocycles. The Balaban J connectivity index is 1.89. The number of pyridine rings is 1. The van der Waals surface area contributed by atoms with E-state index in [1.165, 1.54) is 0 Å². The van der Waals surface area contributed by atoms with Crippen LogP contribution in [0.25, 0.3) is 0 Å². The van der Waals surface area contributed by atoms with Crippen LogP contribution < -0.4 is 20.3 Å². The quantitative estimate of drug-likeness (QED) is 0.808. The van der Waals surface area contributed by atoms with Gasteiger partial charge in [0.15, 0.2) is 0 Å². The van der Waals surface area contributed by atoms with Crippen molar-refractivity contribution in [3.8, 4) is 5.88 Å². The summed E-state index contributed by atoms with van der Waals surface area (Å²) in [6, 6.07) is 13.5. The zero-order valence-corrected chi connectivity index (χ0v) is 15.2. The first kappa shape index (κ1) is 18.6. The smallest absolute Gasteiger partial charge is 0.319 e. The Morgan fingerprint density at radius 1 is 1.16 bits per heavy atom. The van der Waals surface area contributed by atoms with Crippen molar-refractivity contribution in [2.24, 2.45) is 0 Å². The van der Waals surface area contributed by atoms with Crippen LogP contribution in [0.15, 0.2) is 48.7 Å². The van der Waals surface area contributed by atoms with Gasteiger partial charge in [-0.05, 0) is 45.0 Å². The predicted octanol–water partition coefficient (Wildman–Crippen LogP) is 3.52. The van der Waals surface area contributed by atoms with E-state index in [4.69, 9.17) is 4.74 Å². The summed E-state index contributed by atoms with van der Waals surface area (Å²) in [5.74, 6) is 0.419. The minimum atomic E-state index is -0.282. The maximum absolute atomic E-state index is 12.2. The molecule has 1 heterocycles. The monoisotopic (exact) mass is 342 g/mol. The van der Waals surface area contributed by atoms with Crippen molar-refractivity contribution in [3.05, 3.63) is 48.7 Å². The number of rotatable bonds is 7. The second-order valence-electron chi connectivity index (χ2n) is 6.15. The van der Waals surface area contributed by atoms with E-state index in [9.17, 15) is 4.79 Å². The summed E-state index contributed by atoms with van der Waals surface area (Å²) in [7, 11) is 2.01. The number of hydrogen-bond acceptors (Lipinski definition) is 4. The second-order valence-corrected chi connectivity index (χ2v) is 6.15. The summed E-state index contributed by atoms with van der Waals surface area (Å²) >= 11 is 0. The lowest BCUT2D eigenvalue weighted by molar-refractivity contribution is 0.233. The standard InChI is InChI=1S/C19H26N4O2/c1-14(2)25-18-17(11-8-12-20-18)22-19(24)21-13-15(3)23(4)16-9-6-5-7-10-16/h5-12,14-15H,13H2,1-4H3,(H2,21,22,24). The van der Waals surface area contributed by atoms with Crippen LogP contribution in [0.2, 0.25) is 0 Å². The minimum Gasteiger partial charge on any atom is -0.473 e. The average molecular weight is 342 g/mol. The van der Waals surface area contributed by atoms with Gasteiger partial charge in [-0.3, -0.25) is 0 Å². The van der Waals surface area contributed by atoms with Gasteiger partial charge in [-0.1, -0.05) is 18.2 Å². The number of amides is 2. The lowest BCUT2D eigenvalue weighted by Crippen LogP contribution is -2.41.